The van der Waals surface area contributed by atoms with Crippen molar-refractivity contribution in [2.75, 3.05) is 0 Å². The molecule has 0 aromatic carbocycles. The van der Waals surface area contributed by atoms with E-state index in [2.05, 4.69) is 0 Å². The monoisotopic (exact) mass is 283 g/mol. The van der Waals surface area contributed by atoms with E-state index >= 15 is 0 Å². The molecule has 0 atom stereocenters. The molecule has 0 rings (SSSR count). The molecule has 0 saturated carbocycles. The van der Waals surface area contributed by atoms with E-state index < -0.39 is 30.2 Å². The summed E-state index contributed by atoms with van der Waals surface area (Å²) in [7, 11) is 0. The molecule has 0 aromatic heterocycles. The molecule has 0 aromatic rings. The van der Waals surface area contributed by atoms with Gasteiger partial charge in [0.1, 0.15) is 0 Å². The van der Waals surface area contributed by atoms with Crippen LogP contribution in [0.2, 0.25) is 0 Å². The molecule has 0 aliphatic carbocycles. The summed E-state index contributed by atoms with van der Waals surface area (Å²) in [5.41, 5.74) is 0. The zero-order valence-corrected chi connectivity index (χ0v) is 9.66. The van der Waals surface area contributed by atoms with Crippen LogP contribution in [0.15, 0.2) is 0 Å². The number of carbonyl (C=O) groups is 1. The quantitative estimate of drug-likeness (QED) is 0.552. The van der Waals surface area contributed by atoms with Gasteiger partial charge in [0.15, 0.2) is 0 Å². The molecule has 18 heavy (non-hydrogen) atoms. The number of alkyl halides is 6. The molecule has 0 fully saturated rings. The number of halogens is 6. The molecular formula is C9H15F6NO2. The number of unbranched alkanes of at least 4 members (excludes halogenated alkanes) is 2. The van der Waals surface area contributed by atoms with Gasteiger partial charge in [-0.05, 0) is 6.42 Å². The van der Waals surface area contributed by atoms with Crippen molar-refractivity contribution < 1.29 is 36.2 Å². The van der Waals surface area contributed by atoms with Crippen LogP contribution in [-0.4, -0.2) is 28.8 Å². The first-order valence-corrected chi connectivity index (χ1v) is 4.87. The summed E-state index contributed by atoms with van der Waals surface area (Å²) in [6.45, 7) is 1.61. The summed E-state index contributed by atoms with van der Waals surface area (Å²) in [6.07, 6.45) is -1.24. The van der Waals surface area contributed by atoms with Gasteiger partial charge in [0.05, 0.1) is 0 Å². The third kappa shape index (κ3) is 3.50. The van der Waals surface area contributed by atoms with Crippen molar-refractivity contribution in [1.29, 1.82) is 0 Å². The highest BCUT2D eigenvalue weighted by molar-refractivity contribution is 5.77. The fourth-order valence-corrected chi connectivity index (χ4v) is 1.12. The van der Waals surface area contributed by atoms with E-state index in [4.69, 9.17) is 5.11 Å². The van der Waals surface area contributed by atoms with E-state index in [9.17, 15) is 31.1 Å². The summed E-state index contributed by atoms with van der Waals surface area (Å²) in [5, 5.41) is 7.85. The Morgan fingerprint density at radius 3 is 1.83 bits per heavy atom. The molecule has 9 heteroatoms. The smallest absolute Gasteiger partial charge is 0.410 e. The van der Waals surface area contributed by atoms with Gasteiger partial charge < -0.3 is 11.3 Å². The summed E-state index contributed by atoms with van der Waals surface area (Å²) in [4.78, 5) is 9.88. The fraction of sp³-hybridized carbons (Fsp3) is 0.889. The summed E-state index contributed by atoms with van der Waals surface area (Å²) in [6, 6.07) is 0. The molecular weight excluding hydrogens is 268 g/mol. The Hall–Kier alpha value is -0.990. The lowest BCUT2D eigenvalue weighted by atomic mass is 9.99. The van der Waals surface area contributed by atoms with Crippen LogP contribution < -0.4 is 6.15 Å². The van der Waals surface area contributed by atoms with Crippen LogP contribution >= 0.6 is 0 Å². The molecule has 3 nitrogen and oxygen atoms in total. The first kappa shape index (κ1) is 19.4. The highest BCUT2D eigenvalue weighted by Gasteiger charge is 2.74. The summed E-state index contributed by atoms with van der Waals surface area (Å²) in [5.74, 6) is -20.0. The number of aliphatic carboxylic acids is 1. The maximum absolute atomic E-state index is 12.9. The highest BCUT2D eigenvalue weighted by Crippen LogP contribution is 2.48. The largest absolute Gasteiger partial charge is 0.477 e. The lowest BCUT2D eigenvalue weighted by Gasteiger charge is -2.30. The van der Waals surface area contributed by atoms with E-state index in [1.807, 2.05) is 0 Å². The zero-order chi connectivity index (χ0) is 13.9. The maximum Gasteiger partial charge on any atom is 0.410 e. The van der Waals surface area contributed by atoms with E-state index in [0.29, 0.717) is 6.42 Å². The first-order valence-electron chi connectivity index (χ1n) is 4.87. The number of hydrogen-bond acceptors (Lipinski definition) is 2. The SMILES string of the molecule is CCCCCC(F)(F)C(F)(F)C(F)(F)C(=O)O.N. The number of hydrogen-bond donors (Lipinski definition) is 2. The Morgan fingerprint density at radius 1 is 1.06 bits per heavy atom. The van der Waals surface area contributed by atoms with Gasteiger partial charge in [0, 0.05) is 6.42 Å². The van der Waals surface area contributed by atoms with Crippen molar-refractivity contribution in [2.45, 2.75) is 50.4 Å². The predicted molar refractivity (Wildman–Crippen MR) is 51.6 cm³/mol. The minimum absolute atomic E-state index is 0. The Balaban J connectivity index is 0. The standard InChI is InChI=1S/C9H12F6O2.H3N/c1-2-3-4-5-7(10,11)9(14,15)8(12,13)6(16)17;/h2-5H2,1H3,(H,16,17);1H3. The molecule has 0 unspecified atom stereocenters. The first-order chi connectivity index (χ1) is 7.50. The molecule has 4 N–H and O–H groups in total. The van der Waals surface area contributed by atoms with Gasteiger partial charge in [-0.25, -0.2) is 4.79 Å². The Kier molecular flexibility index (Phi) is 6.73. The Labute approximate surface area is 99.7 Å². The highest BCUT2D eigenvalue weighted by atomic mass is 19.3. The molecule has 0 aliphatic rings. The molecule has 0 bridgehead atoms. The average Bonchev–Trinajstić information content (AvgIpc) is 2.17. The van der Waals surface area contributed by atoms with Crippen LogP contribution in [-0.2, 0) is 4.79 Å². The van der Waals surface area contributed by atoms with Crippen molar-refractivity contribution in [3.63, 3.8) is 0 Å². The van der Waals surface area contributed by atoms with E-state index in [1.165, 1.54) is 0 Å². The van der Waals surface area contributed by atoms with Gasteiger partial charge in [-0.2, -0.15) is 26.3 Å². The number of carboxylic acid groups (broad SMARTS) is 1. The predicted octanol–water partition coefficient (Wildman–Crippen LogP) is 3.72. The van der Waals surface area contributed by atoms with Gasteiger partial charge in [-0.1, -0.05) is 19.8 Å². The summed E-state index contributed by atoms with van der Waals surface area (Å²) < 4.78 is 76.3. The van der Waals surface area contributed by atoms with E-state index in [1.54, 1.807) is 6.92 Å². The minimum Gasteiger partial charge on any atom is -0.477 e. The third-order valence-corrected chi connectivity index (χ3v) is 2.22. The van der Waals surface area contributed by atoms with Crippen LogP contribution in [0.4, 0.5) is 26.3 Å². The van der Waals surface area contributed by atoms with Crippen LogP contribution in [0.1, 0.15) is 32.6 Å². The van der Waals surface area contributed by atoms with E-state index in [-0.39, 0.29) is 19.0 Å². The lowest BCUT2D eigenvalue weighted by Crippen LogP contribution is -2.57. The number of carboxylic acids is 1. The molecule has 0 spiro atoms. The van der Waals surface area contributed by atoms with Gasteiger partial charge in [-0.15, -0.1) is 0 Å². The molecule has 0 radical (unpaired) electrons. The van der Waals surface area contributed by atoms with Crippen molar-refractivity contribution >= 4 is 5.97 Å². The van der Waals surface area contributed by atoms with Crippen molar-refractivity contribution in [2.24, 2.45) is 0 Å². The second-order valence-electron chi connectivity index (χ2n) is 3.62. The molecule has 0 aliphatic heterocycles. The van der Waals surface area contributed by atoms with Crippen LogP contribution in [0.5, 0.6) is 0 Å². The topological polar surface area (TPSA) is 72.3 Å². The van der Waals surface area contributed by atoms with E-state index in [0.717, 1.165) is 0 Å². The normalized spacial score (nSPS) is 13.1. The average molecular weight is 283 g/mol. The third-order valence-electron chi connectivity index (χ3n) is 2.22. The van der Waals surface area contributed by atoms with Crippen molar-refractivity contribution in [3.8, 4) is 0 Å². The molecule has 0 amide bonds. The minimum atomic E-state index is -5.90. The molecule has 0 heterocycles. The Morgan fingerprint density at radius 2 is 1.50 bits per heavy atom. The van der Waals surface area contributed by atoms with Crippen molar-refractivity contribution in [1.82, 2.24) is 6.15 Å². The molecule has 0 saturated heterocycles. The second kappa shape index (κ2) is 6.26. The van der Waals surface area contributed by atoms with Gasteiger partial charge in [0.2, 0.25) is 0 Å². The van der Waals surface area contributed by atoms with Gasteiger partial charge in [0.25, 0.3) is 0 Å². The summed E-state index contributed by atoms with van der Waals surface area (Å²) >= 11 is 0. The van der Waals surface area contributed by atoms with Gasteiger partial charge in [-0.3, -0.25) is 0 Å². The number of rotatable bonds is 7. The Bertz CT molecular complexity index is 282. The van der Waals surface area contributed by atoms with Crippen LogP contribution in [0.3, 0.4) is 0 Å². The second-order valence-corrected chi connectivity index (χ2v) is 3.62. The fourth-order valence-electron chi connectivity index (χ4n) is 1.12. The van der Waals surface area contributed by atoms with Crippen LogP contribution in [0.25, 0.3) is 0 Å². The van der Waals surface area contributed by atoms with Crippen LogP contribution in [0, 0.1) is 0 Å². The molecule has 110 valence electrons. The lowest BCUT2D eigenvalue weighted by molar-refractivity contribution is -0.305. The van der Waals surface area contributed by atoms with Crippen molar-refractivity contribution in [3.05, 3.63) is 0 Å². The van der Waals surface area contributed by atoms with Gasteiger partial charge >= 0.3 is 23.7 Å². The zero-order valence-electron chi connectivity index (χ0n) is 9.66. The maximum atomic E-state index is 12.9.